The maximum Gasteiger partial charge on any atom is 0.138 e. The highest BCUT2D eigenvalue weighted by molar-refractivity contribution is 6.36. The first kappa shape index (κ1) is 12.1. The first-order valence-corrected chi connectivity index (χ1v) is 4.70. The Morgan fingerprint density at radius 3 is 2.60 bits per heavy atom. The monoisotopic (exact) mass is 243 g/mol. The lowest BCUT2D eigenvalue weighted by molar-refractivity contribution is 0.415. The van der Waals surface area contributed by atoms with E-state index in [2.05, 4.69) is 4.98 Å². The number of rotatable bonds is 1. The number of pyridine rings is 1. The van der Waals surface area contributed by atoms with Crippen molar-refractivity contribution in [1.29, 1.82) is 0 Å². The molecular weight excluding hydrogens is 233 g/mol. The van der Waals surface area contributed by atoms with Crippen LogP contribution in [0, 0.1) is 6.92 Å². The molecule has 0 bridgehead atoms. The van der Waals surface area contributed by atoms with Crippen LogP contribution in [0.1, 0.15) is 5.69 Å². The molecule has 1 heterocycles. The van der Waals surface area contributed by atoms with Crippen LogP contribution in [0.2, 0.25) is 5.02 Å². The average Bonchev–Trinajstić information content (AvgIpc) is 2.18. The summed E-state index contributed by atoms with van der Waals surface area (Å²) in [5, 5.41) is 1.55. The maximum absolute atomic E-state index is 6.13. The second-order valence-electron chi connectivity index (χ2n) is 3.10. The number of methoxy groups -OCH3 is 1. The molecule has 0 saturated carbocycles. The first-order valence-electron chi connectivity index (χ1n) is 4.32. The number of hydrogen-bond acceptors (Lipinski definition) is 2. The van der Waals surface area contributed by atoms with Gasteiger partial charge < -0.3 is 4.74 Å². The Labute approximate surface area is 99.6 Å². The Morgan fingerprint density at radius 2 is 1.93 bits per heavy atom. The minimum Gasteiger partial charge on any atom is -0.495 e. The third kappa shape index (κ3) is 2.16. The maximum atomic E-state index is 6.13. The standard InChI is InChI=1S/C11H10ClNO.ClH/c1-7-3-4-8-9(13-7)5-6-10(14-2)11(8)12;/h3-6H,1-2H3;1H. The Hall–Kier alpha value is -0.990. The van der Waals surface area contributed by atoms with Crippen molar-refractivity contribution in [2.45, 2.75) is 6.92 Å². The molecule has 4 heteroatoms. The number of hydrogen-bond donors (Lipinski definition) is 0. The molecule has 80 valence electrons. The molecule has 1 aromatic heterocycles. The quantitative estimate of drug-likeness (QED) is 0.764. The van der Waals surface area contributed by atoms with Gasteiger partial charge in [0.05, 0.1) is 17.6 Å². The van der Waals surface area contributed by atoms with Crippen molar-refractivity contribution in [2.24, 2.45) is 0 Å². The molecule has 15 heavy (non-hydrogen) atoms. The largest absolute Gasteiger partial charge is 0.495 e. The Morgan fingerprint density at radius 1 is 1.20 bits per heavy atom. The second-order valence-corrected chi connectivity index (χ2v) is 3.48. The van der Waals surface area contributed by atoms with E-state index in [1.807, 2.05) is 31.2 Å². The molecule has 0 saturated heterocycles. The molecule has 0 aliphatic heterocycles. The van der Waals surface area contributed by atoms with Gasteiger partial charge >= 0.3 is 0 Å². The molecule has 0 aliphatic rings. The fraction of sp³-hybridized carbons (Fsp3) is 0.182. The fourth-order valence-corrected chi connectivity index (χ4v) is 1.71. The molecule has 2 rings (SSSR count). The average molecular weight is 244 g/mol. The van der Waals surface area contributed by atoms with Gasteiger partial charge in [0.15, 0.2) is 0 Å². The number of halogens is 2. The molecule has 0 unspecified atom stereocenters. The molecule has 2 aromatic rings. The minimum absolute atomic E-state index is 0. The third-order valence-corrected chi connectivity index (χ3v) is 2.52. The van der Waals surface area contributed by atoms with Gasteiger partial charge in [-0.1, -0.05) is 11.6 Å². The van der Waals surface area contributed by atoms with Crippen molar-refractivity contribution in [2.75, 3.05) is 7.11 Å². The van der Waals surface area contributed by atoms with Crippen LogP contribution in [-0.4, -0.2) is 12.1 Å². The highest BCUT2D eigenvalue weighted by atomic mass is 35.5. The van der Waals surface area contributed by atoms with Crippen LogP contribution in [0.3, 0.4) is 0 Å². The first-order chi connectivity index (χ1) is 6.72. The van der Waals surface area contributed by atoms with E-state index in [9.17, 15) is 0 Å². The molecule has 0 atom stereocenters. The number of benzene rings is 1. The van der Waals surface area contributed by atoms with Gasteiger partial charge in [0, 0.05) is 11.1 Å². The van der Waals surface area contributed by atoms with Crippen LogP contribution in [0.15, 0.2) is 24.3 Å². The summed E-state index contributed by atoms with van der Waals surface area (Å²) < 4.78 is 5.12. The Balaban J connectivity index is 0.00000112. The van der Waals surface area contributed by atoms with Crippen molar-refractivity contribution in [3.8, 4) is 5.75 Å². The lowest BCUT2D eigenvalue weighted by Gasteiger charge is -2.05. The molecule has 0 amide bonds. The van der Waals surface area contributed by atoms with Gasteiger partial charge in [0.25, 0.3) is 0 Å². The topological polar surface area (TPSA) is 22.1 Å². The normalized spacial score (nSPS) is 9.80. The van der Waals surface area contributed by atoms with E-state index in [0.29, 0.717) is 10.8 Å². The molecule has 0 fully saturated rings. The van der Waals surface area contributed by atoms with Crippen LogP contribution in [0.5, 0.6) is 5.75 Å². The van der Waals surface area contributed by atoms with Crippen LogP contribution in [-0.2, 0) is 0 Å². The SMILES string of the molecule is COc1ccc2nc(C)ccc2c1Cl.Cl. The third-order valence-electron chi connectivity index (χ3n) is 2.13. The summed E-state index contributed by atoms with van der Waals surface area (Å²) in [4.78, 5) is 4.37. The molecule has 1 aromatic carbocycles. The van der Waals surface area contributed by atoms with Crippen molar-refractivity contribution >= 4 is 34.9 Å². The van der Waals surface area contributed by atoms with Gasteiger partial charge in [-0.15, -0.1) is 12.4 Å². The van der Waals surface area contributed by atoms with Crippen LogP contribution in [0.25, 0.3) is 10.9 Å². The van der Waals surface area contributed by atoms with Gasteiger partial charge in [0.1, 0.15) is 5.75 Å². The van der Waals surface area contributed by atoms with Crippen molar-refractivity contribution in [3.63, 3.8) is 0 Å². The summed E-state index contributed by atoms with van der Waals surface area (Å²) in [5.74, 6) is 0.685. The predicted molar refractivity (Wildman–Crippen MR) is 65.3 cm³/mol. The number of aromatic nitrogens is 1. The van der Waals surface area contributed by atoms with Gasteiger partial charge in [0.2, 0.25) is 0 Å². The van der Waals surface area contributed by atoms with Crippen LogP contribution < -0.4 is 4.74 Å². The zero-order valence-corrected chi connectivity index (χ0v) is 10.0. The summed E-state index contributed by atoms with van der Waals surface area (Å²) in [6.45, 7) is 1.96. The lowest BCUT2D eigenvalue weighted by atomic mass is 10.2. The zero-order valence-electron chi connectivity index (χ0n) is 8.45. The van der Waals surface area contributed by atoms with E-state index >= 15 is 0 Å². The van der Waals surface area contributed by atoms with Gasteiger partial charge in [-0.25, -0.2) is 0 Å². The Bertz CT molecular complexity index is 485. The fourth-order valence-electron chi connectivity index (χ4n) is 1.41. The minimum atomic E-state index is 0. The zero-order chi connectivity index (χ0) is 10.1. The van der Waals surface area contributed by atoms with Crippen LogP contribution in [0.4, 0.5) is 0 Å². The van der Waals surface area contributed by atoms with Gasteiger partial charge in [-0.3, -0.25) is 4.98 Å². The second kappa shape index (κ2) is 4.69. The van der Waals surface area contributed by atoms with E-state index in [-0.39, 0.29) is 12.4 Å². The van der Waals surface area contributed by atoms with E-state index in [0.717, 1.165) is 16.6 Å². The van der Waals surface area contributed by atoms with E-state index in [4.69, 9.17) is 16.3 Å². The Kier molecular flexibility index (Phi) is 3.77. The number of fused-ring (bicyclic) bond motifs is 1. The summed E-state index contributed by atoms with van der Waals surface area (Å²) in [7, 11) is 1.61. The van der Waals surface area contributed by atoms with Gasteiger partial charge in [-0.05, 0) is 31.2 Å². The number of aryl methyl sites for hydroxylation is 1. The molecule has 0 N–H and O–H groups in total. The van der Waals surface area contributed by atoms with E-state index in [1.54, 1.807) is 7.11 Å². The molecular formula is C11H11Cl2NO. The van der Waals surface area contributed by atoms with Crippen molar-refractivity contribution in [3.05, 3.63) is 35.0 Å². The molecule has 2 nitrogen and oxygen atoms in total. The predicted octanol–water partition coefficient (Wildman–Crippen LogP) is 3.63. The molecule has 0 radical (unpaired) electrons. The lowest BCUT2D eigenvalue weighted by Crippen LogP contribution is -1.88. The number of ether oxygens (including phenoxy) is 1. The molecule has 0 aliphatic carbocycles. The van der Waals surface area contributed by atoms with Crippen molar-refractivity contribution < 1.29 is 4.74 Å². The summed E-state index contributed by atoms with van der Waals surface area (Å²) in [5.41, 5.74) is 1.88. The van der Waals surface area contributed by atoms with Crippen LogP contribution >= 0.6 is 24.0 Å². The highest BCUT2D eigenvalue weighted by Crippen LogP contribution is 2.31. The highest BCUT2D eigenvalue weighted by Gasteiger charge is 2.05. The smallest absolute Gasteiger partial charge is 0.138 e. The summed E-state index contributed by atoms with van der Waals surface area (Å²) >= 11 is 6.13. The van der Waals surface area contributed by atoms with E-state index < -0.39 is 0 Å². The summed E-state index contributed by atoms with van der Waals surface area (Å²) in [6, 6.07) is 7.64. The summed E-state index contributed by atoms with van der Waals surface area (Å²) in [6.07, 6.45) is 0. The molecule has 0 spiro atoms. The van der Waals surface area contributed by atoms with E-state index in [1.165, 1.54) is 0 Å². The van der Waals surface area contributed by atoms with Gasteiger partial charge in [-0.2, -0.15) is 0 Å². The van der Waals surface area contributed by atoms with Crippen molar-refractivity contribution in [1.82, 2.24) is 4.98 Å². The number of nitrogens with zero attached hydrogens (tertiary/aromatic N) is 1.